The number of rotatable bonds is 3. The molecular weight excluding hydrogens is 202 g/mol. The van der Waals surface area contributed by atoms with Gasteiger partial charge in [-0.1, -0.05) is 6.92 Å². The quantitative estimate of drug-likeness (QED) is 0.780. The zero-order valence-electron chi connectivity index (χ0n) is 9.59. The summed E-state index contributed by atoms with van der Waals surface area (Å²) in [7, 11) is 0. The third-order valence-electron chi connectivity index (χ3n) is 2.96. The van der Waals surface area contributed by atoms with Crippen molar-refractivity contribution in [2.75, 3.05) is 6.54 Å². The number of hydrogen-bond acceptors (Lipinski definition) is 3. The SMILES string of the molecule is CCCC(=O)N1CCC[C@@H]1c1cnccn1. The number of nitrogens with zero attached hydrogens (tertiary/aromatic N) is 3. The third kappa shape index (κ3) is 2.21. The van der Waals surface area contributed by atoms with Gasteiger partial charge in [-0.05, 0) is 19.3 Å². The molecule has 0 spiro atoms. The zero-order valence-corrected chi connectivity index (χ0v) is 9.59. The molecule has 4 nitrogen and oxygen atoms in total. The molecule has 4 heteroatoms. The molecular formula is C12H17N3O. The first-order valence-electron chi connectivity index (χ1n) is 5.88. The van der Waals surface area contributed by atoms with Gasteiger partial charge in [-0.3, -0.25) is 14.8 Å². The number of amides is 1. The molecule has 0 unspecified atom stereocenters. The van der Waals surface area contributed by atoms with Gasteiger partial charge in [-0.15, -0.1) is 0 Å². The van der Waals surface area contributed by atoms with Gasteiger partial charge >= 0.3 is 0 Å². The van der Waals surface area contributed by atoms with Crippen molar-refractivity contribution >= 4 is 5.91 Å². The second-order valence-electron chi connectivity index (χ2n) is 4.13. The highest BCUT2D eigenvalue weighted by Gasteiger charge is 2.30. The number of carbonyl (C=O) groups is 1. The molecule has 0 N–H and O–H groups in total. The van der Waals surface area contributed by atoms with Crippen LogP contribution >= 0.6 is 0 Å². The summed E-state index contributed by atoms with van der Waals surface area (Å²) in [5, 5.41) is 0. The summed E-state index contributed by atoms with van der Waals surface area (Å²) in [4.78, 5) is 22.2. The smallest absolute Gasteiger partial charge is 0.223 e. The molecule has 0 bridgehead atoms. The Morgan fingerprint density at radius 1 is 1.56 bits per heavy atom. The lowest BCUT2D eigenvalue weighted by molar-refractivity contribution is -0.132. The lowest BCUT2D eigenvalue weighted by Gasteiger charge is -2.23. The van der Waals surface area contributed by atoms with Gasteiger partial charge in [0.05, 0.1) is 17.9 Å². The van der Waals surface area contributed by atoms with Crippen molar-refractivity contribution < 1.29 is 4.79 Å². The summed E-state index contributed by atoms with van der Waals surface area (Å²) in [5.74, 6) is 0.246. The Labute approximate surface area is 95.7 Å². The monoisotopic (exact) mass is 219 g/mol. The number of carbonyl (C=O) groups excluding carboxylic acids is 1. The molecule has 86 valence electrons. The van der Waals surface area contributed by atoms with Gasteiger partial charge in [0.2, 0.25) is 5.91 Å². The van der Waals surface area contributed by atoms with Crippen LogP contribution in [-0.4, -0.2) is 27.3 Å². The second-order valence-corrected chi connectivity index (χ2v) is 4.13. The molecule has 1 aliphatic heterocycles. The van der Waals surface area contributed by atoms with Gasteiger partial charge in [0.25, 0.3) is 0 Å². The fourth-order valence-electron chi connectivity index (χ4n) is 2.21. The van der Waals surface area contributed by atoms with Crippen LogP contribution in [-0.2, 0) is 4.79 Å². The van der Waals surface area contributed by atoms with Crippen LogP contribution in [0.2, 0.25) is 0 Å². The summed E-state index contributed by atoms with van der Waals surface area (Å²) in [6.45, 7) is 2.89. The van der Waals surface area contributed by atoms with E-state index in [1.807, 2.05) is 11.8 Å². The Morgan fingerprint density at radius 2 is 2.44 bits per heavy atom. The van der Waals surface area contributed by atoms with E-state index in [2.05, 4.69) is 9.97 Å². The predicted molar refractivity (Wildman–Crippen MR) is 60.6 cm³/mol. The second kappa shape index (κ2) is 5.05. The molecule has 1 atom stereocenters. The molecule has 1 aromatic heterocycles. The number of likely N-dealkylation sites (tertiary alicyclic amines) is 1. The highest BCUT2D eigenvalue weighted by molar-refractivity contribution is 5.76. The van der Waals surface area contributed by atoms with Gasteiger partial charge in [0.1, 0.15) is 0 Å². The van der Waals surface area contributed by atoms with E-state index in [9.17, 15) is 4.79 Å². The maximum Gasteiger partial charge on any atom is 0.223 e. The van der Waals surface area contributed by atoms with Crippen LogP contribution in [0.1, 0.15) is 44.3 Å². The van der Waals surface area contributed by atoms with Gasteiger partial charge in [0, 0.05) is 25.4 Å². The average molecular weight is 219 g/mol. The summed E-state index contributed by atoms with van der Waals surface area (Å²) in [5.41, 5.74) is 0.921. The first-order chi connectivity index (χ1) is 7.83. The highest BCUT2D eigenvalue weighted by Crippen LogP contribution is 2.30. The van der Waals surface area contributed by atoms with E-state index >= 15 is 0 Å². The van der Waals surface area contributed by atoms with Crippen LogP contribution < -0.4 is 0 Å². The lowest BCUT2D eigenvalue weighted by Crippen LogP contribution is -2.30. The van der Waals surface area contributed by atoms with E-state index in [0.717, 1.165) is 31.5 Å². The van der Waals surface area contributed by atoms with Crippen molar-refractivity contribution in [3.8, 4) is 0 Å². The van der Waals surface area contributed by atoms with Gasteiger partial charge in [0.15, 0.2) is 0 Å². The first-order valence-corrected chi connectivity index (χ1v) is 5.88. The van der Waals surface area contributed by atoms with Crippen molar-refractivity contribution in [2.45, 2.75) is 38.6 Å². The van der Waals surface area contributed by atoms with E-state index in [-0.39, 0.29) is 11.9 Å². The number of hydrogen-bond donors (Lipinski definition) is 0. The molecule has 1 aliphatic rings. The molecule has 0 saturated carbocycles. The Balaban J connectivity index is 2.12. The molecule has 16 heavy (non-hydrogen) atoms. The first kappa shape index (κ1) is 11.0. The van der Waals surface area contributed by atoms with Crippen LogP contribution in [0.3, 0.4) is 0 Å². The predicted octanol–water partition coefficient (Wildman–Crippen LogP) is 1.94. The van der Waals surface area contributed by atoms with Crippen molar-refractivity contribution in [1.82, 2.24) is 14.9 Å². The molecule has 2 rings (SSSR count). The van der Waals surface area contributed by atoms with Crippen LogP contribution in [0.4, 0.5) is 0 Å². The molecule has 0 aromatic carbocycles. The molecule has 0 radical (unpaired) electrons. The minimum atomic E-state index is 0.146. The van der Waals surface area contributed by atoms with Crippen LogP contribution in [0, 0.1) is 0 Å². The van der Waals surface area contributed by atoms with E-state index in [0.29, 0.717) is 6.42 Å². The zero-order chi connectivity index (χ0) is 11.4. The van der Waals surface area contributed by atoms with E-state index in [1.54, 1.807) is 18.6 Å². The standard InChI is InChI=1S/C12H17N3O/c1-2-4-12(16)15-8-3-5-11(15)10-9-13-6-7-14-10/h6-7,9,11H,2-5,8H2,1H3/t11-/m1/s1. The Morgan fingerprint density at radius 3 is 3.12 bits per heavy atom. The summed E-state index contributed by atoms with van der Waals surface area (Å²) >= 11 is 0. The van der Waals surface area contributed by atoms with Crippen molar-refractivity contribution in [3.05, 3.63) is 24.3 Å². The van der Waals surface area contributed by atoms with Gasteiger partial charge in [-0.25, -0.2) is 0 Å². The minimum absolute atomic E-state index is 0.146. The van der Waals surface area contributed by atoms with Crippen LogP contribution in [0.25, 0.3) is 0 Å². The fourth-order valence-corrected chi connectivity index (χ4v) is 2.21. The van der Waals surface area contributed by atoms with Crippen LogP contribution in [0.5, 0.6) is 0 Å². The van der Waals surface area contributed by atoms with Crippen LogP contribution in [0.15, 0.2) is 18.6 Å². The van der Waals surface area contributed by atoms with E-state index in [1.165, 1.54) is 0 Å². The largest absolute Gasteiger partial charge is 0.334 e. The highest BCUT2D eigenvalue weighted by atomic mass is 16.2. The molecule has 2 heterocycles. The molecule has 1 fully saturated rings. The molecule has 1 amide bonds. The normalized spacial score (nSPS) is 20.1. The number of aromatic nitrogens is 2. The fraction of sp³-hybridized carbons (Fsp3) is 0.583. The van der Waals surface area contributed by atoms with Crippen molar-refractivity contribution in [3.63, 3.8) is 0 Å². The lowest BCUT2D eigenvalue weighted by atomic mass is 10.1. The van der Waals surface area contributed by atoms with E-state index < -0.39 is 0 Å². The summed E-state index contributed by atoms with van der Waals surface area (Å²) in [6.07, 6.45) is 8.74. The van der Waals surface area contributed by atoms with Crippen molar-refractivity contribution in [2.24, 2.45) is 0 Å². The summed E-state index contributed by atoms with van der Waals surface area (Å²) < 4.78 is 0. The third-order valence-corrected chi connectivity index (χ3v) is 2.96. The maximum atomic E-state index is 11.9. The molecule has 1 aromatic rings. The topological polar surface area (TPSA) is 46.1 Å². The Kier molecular flexibility index (Phi) is 3.49. The minimum Gasteiger partial charge on any atom is -0.334 e. The molecule has 1 saturated heterocycles. The Hall–Kier alpha value is -1.45. The van der Waals surface area contributed by atoms with E-state index in [4.69, 9.17) is 0 Å². The van der Waals surface area contributed by atoms with Crippen molar-refractivity contribution in [1.29, 1.82) is 0 Å². The average Bonchev–Trinajstić information content (AvgIpc) is 2.79. The Bertz CT molecular complexity index is 353. The maximum absolute atomic E-state index is 11.9. The van der Waals surface area contributed by atoms with Gasteiger partial charge in [-0.2, -0.15) is 0 Å². The summed E-state index contributed by atoms with van der Waals surface area (Å²) in [6, 6.07) is 0.146. The van der Waals surface area contributed by atoms with Gasteiger partial charge < -0.3 is 4.90 Å². The molecule has 0 aliphatic carbocycles.